The quantitative estimate of drug-likeness (QED) is 0.223. The van der Waals surface area contributed by atoms with Crippen molar-refractivity contribution in [3.8, 4) is 0 Å². The molecule has 0 heterocycles. The average molecular weight is 319 g/mol. The van der Waals surface area contributed by atoms with E-state index >= 15 is 0 Å². The van der Waals surface area contributed by atoms with Gasteiger partial charge in [-0.1, -0.05) is 115 Å². The maximum atomic E-state index is 3.89. The summed E-state index contributed by atoms with van der Waals surface area (Å²) in [5.74, 6) is 0.840. The Kier molecular flexibility index (Phi) is 20.0. The molecule has 0 unspecified atom stereocenters. The molecule has 0 aromatic carbocycles. The van der Waals surface area contributed by atoms with E-state index in [0.717, 1.165) is 18.8 Å². The third-order valence-corrected chi connectivity index (χ3v) is 3.96. The Labute approximate surface area is 147 Å². The van der Waals surface area contributed by atoms with E-state index in [-0.39, 0.29) is 0 Å². The zero-order valence-electron chi connectivity index (χ0n) is 16.3. The number of hydrogen-bond donors (Lipinski definition) is 0. The molecule has 0 radical (unpaired) electrons. The van der Waals surface area contributed by atoms with E-state index in [9.17, 15) is 0 Å². The highest BCUT2D eigenvalue weighted by Crippen LogP contribution is 2.12. The first-order valence-corrected chi connectivity index (χ1v) is 9.58. The minimum absolute atomic E-state index is 0.840. The molecule has 0 heteroatoms. The van der Waals surface area contributed by atoms with Gasteiger partial charge in [0.05, 0.1) is 0 Å². The molecule has 134 valence electrons. The van der Waals surface area contributed by atoms with Crippen LogP contribution < -0.4 is 0 Å². The van der Waals surface area contributed by atoms with Gasteiger partial charge in [-0.05, 0) is 31.6 Å². The molecule has 23 heavy (non-hydrogen) atoms. The summed E-state index contributed by atoms with van der Waals surface area (Å²) in [7, 11) is 0. The summed E-state index contributed by atoms with van der Waals surface area (Å²) in [6.45, 7) is 21.9. The molecule has 0 nitrogen and oxygen atoms in total. The van der Waals surface area contributed by atoms with Gasteiger partial charge in [0, 0.05) is 0 Å². The summed E-state index contributed by atoms with van der Waals surface area (Å²) in [5, 5.41) is 0. The highest BCUT2D eigenvalue weighted by Gasteiger charge is 1.94. The molecule has 0 amide bonds. The zero-order chi connectivity index (χ0) is 17.9. The molecule has 0 aromatic rings. The van der Waals surface area contributed by atoms with E-state index < -0.39 is 0 Å². The van der Waals surface area contributed by atoms with Gasteiger partial charge in [-0.15, -0.1) is 0 Å². The summed E-state index contributed by atoms with van der Waals surface area (Å²) in [6, 6.07) is 0. The standard InChI is InChI=1S/C12H22.C11H20/c1-4-6-7-8-9-10-11-12(3)5-2;1-5-11(4)9-7-6-8-10(2)3/h5H,2-4,6-11H2,1H3;5,10H,1,4,6-9H2,2-3H3. The van der Waals surface area contributed by atoms with E-state index in [2.05, 4.69) is 47.1 Å². The van der Waals surface area contributed by atoms with Crippen LogP contribution in [-0.2, 0) is 0 Å². The van der Waals surface area contributed by atoms with Crippen molar-refractivity contribution >= 4 is 0 Å². The number of allylic oxidation sites excluding steroid dienone is 4. The number of rotatable bonds is 14. The van der Waals surface area contributed by atoms with Crippen LogP contribution in [0.5, 0.6) is 0 Å². The number of hydrogen-bond acceptors (Lipinski definition) is 0. The van der Waals surface area contributed by atoms with Crippen molar-refractivity contribution in [2.45, 2.75) is 91.4 Å². The smallest absolute Gasteiger partial charge is 0.0285 e. The Morgan fingerprint density at radius 1 is 0.739 bits per heavy atom. The van der Waals surface area contributed by atoms with E-state index in [0.29, 0.717) is 0 Å². The van der Waals surface area contributed by atoms with Crippen LogP contribution in [-0.4, -0.2) is 0 Å². The highest BCUT2D eigenvalue weighted by atomic mass is 14.0. The van der Waals surface area contributed by atoms with Gasteiger partial charge in [0.2, 0.25) is 0 Å². The fourth-order valence-corrected chi connectivity index (χ4v) is 2.24. The fourth-order valence-electron chi connectivity index (χ4n) is 2.24. The van der Waals surface area contributed by atoms with Gasteiger partial charge in [0.25, 0.3) is 0 Å². The number of unbranched alkanes of at least 4 members (excludes halogenated alkanes) is 6. The SMILES string of the molecule is C=CC(=C)CCCCC(C)C.C=CC(=C)CCCCCCCC. The molecular formula is C23H42. The predicted octanol–water partition coefficient (Wildman–Crippen LogP) is 8.42. The largest absolute Gasteiger partial charge is 0.0988 e. The van der Waals surface area contributed by atoms with Gasteiger partial charge in [-0.3, -0.25) is 0 Å². The van der Waals surface area contributed by atoms with Crippen LogP contribution in [0.4, 0.5) is 0 Å². The third kappa shape index (κ3) is 23.4. The molecule has 0 aliphatic rings. The molecule has 0 saturated carbocycles. The Morgan fingerprint density at radius 3 is 1.61 bits per heavy atom. The maximum Gasteiger partial charge on any atom is -0.0285 e. The van der Waals surface area contributed by atoms with E-state index in [1.807, 2.05) is 12.2 Å². The molecule has 0 aliphatic heterocycles. The normalized spacial score (nSPS) is 9.91. The fraction of sp³-hybridized carbons (Fsp3) is 0.652. The average Bonchev–Trinajstić information content (AvgIpc) is 2.54. The molecule has 0 atom stereocenters. The van der Waals surface area contributed by atoms with Crippen molar-refractivity contribution in [3.05, 3.63) is 49.6 Å². The Bertz CT molecular complexity index is 306. The Hall–Kier alpha value is -1.04. The van der Waals surface area contributed by atoms with Crippen LogP contribution in [0, 0.1) is 5.92 Å². The van der Waals surface area contributed by atoms with Gasteiger partial charge >= 0.3 is 0 Å². The van der Waals surface area contributed by atoms with Crippen LogP contribution >= 0.6 is 0 Å². The first-order valence-electron chi connectivity index (χ1n) is 9.58. The zero-order valence-corrected chi connectivity index (χ0v) is 16.3. The van der Waals surface area contributed by atoms with Crippen LogP contribution in [0.1, 0.15) is 91.4 Å². The molecule has 0 rings (SSSR count). The summed E-state index contributed by atoms with van der Waals surface area (Å²) < 4.78 is 0. The molecular weight excluding hydrogens is 276 g/mol. The van der Waals surface area contributed by atoms with E-state index in [1.54, 1.807) is 0 Å². The highest BCUT2D eigenvalue weighted by molar-refractivity contribution is 5.10. The van der Waals surface area contributed by atoms with Crippen molar-refractivity contribution in [3.63, 3.8) is 0 Å². The molecule has 0 fully saturated rings. The van der Waals surface area contributed by atoms with Crippen LogP contribution in [0.25, 0.3) is 0 Å². The Morgan fingerprint density at radius 2 is 1.17 bits per heavy atom. The summed E-state index contributed by atoms with van der Waals surface area (Å²) in [5.41, 5.74) is 2.36. The first kappa shape index (κ1) is 24.2. The van der Waals surface area contributed by atoms with E-state index in [1.165, 1.54) is 68.9 Å². The molecule has 0 N–H and O–H groups in total. The maximum absolute atomic E-state index is 3.89. The van der Waals surface area contributed by atoms with Crippen LogP contribution in [0.3, 0.4) is 0 Å². The second kappa shape index (κ2) is 19.0. The predicted molar refractivity (Wildman–Crippen MR) is 110 cm³/mol. The van der Waals surface area contributed by atoms with Gasteiger partial charge in [0.1, 0.15) is 0 Å². The summed E-state index contributed by atoms with van der Waals surface area (Å²) >= 11 is 0. The monoisotopic (exact) mass is 318 g/mol. The van der Waals surface area contributed by atoms with Gasteiger partial charge in [0.15, 0.2) is 0 Å². The lowest BCUT2D eigenvalue weighted by atomic mass is 10.0. The van der Waals surface area contributed by atoms with Crippen LogP contribution in [0.15, 0.2) is 49.6 Å². The first-order chi connectivity index (χ1) is 11.0. The van der Waals surface area contributed by atoms with Crippen molar-refractivity contribution < 1.29 is 0 Å². The van der Waals surface area contributed by atoms with Crippen molar-refractivity contribution in [1.82, 2.24) is 0 Å². The topological polar surface area (TPSA) is 0 Å². The van der Waals surface area contributed by atoms with Crippen molar-refractivity contribution in [2.75, 3.05) is 0 Å². The molecule has 0 bridgehead atoms. The van der Waals surface area contributed by atoms with Gasteiger partial charge in [-0.2, -0.15) is 0 Å². The van der Waals surface area contributed by atoms with Gasteiger partial charge < -0.3 is 0 Å². The van der Waals surface area contributed by atoms with E-state index in [4.69, 9.17) is 0 Å². The van der Waals surface area contributed by atoms with Crippen LogP contribution in [0.2, 0.25) is 0 Å². The van der Waals surface area contributed by atoms with Gasteiger partial charge in [-0.25, -0.2) is 0 Å². The molecule has 0 saturated heterocycles. The molecule has 0 aliphatic carbocycles. The minimum atomic E-state index is 0.840. The Balaban J connectivity index is 0. The molecule has 0 aromatic heterocycles. The minimum Gasteiger partial charge on any atom is -0.0988 e. The molecule has 0 spiro atoms. The second-order valence-corrected chi connectivity index (χ2v) is 6.88. The summed E-state index contributed by atoms with van der Waals surface area (Å²) in [6.07, 6.45) is 18.1. The lowest BCUT2D eigenvalue weighted by Crippen LogP contribution is -1.87. The lowest BCUT2D eigenvalue weighted by molar-refractivity contribution is 0.539. The van der Waals surface area contributed by atoms with Crippen molar-refractivity contribution in [1.29, 1.82) is 0 Å². The second-order valence-electron chi connectivity index (χ2n) is 6.88. The van der Waals surface area contributed by atoms with Crippen molar-refractivity contribution in [2.24, 2.45) is 5.92 Å². The third-order valence-electron chi connectivity index (χ3n) is 3.96. The lowest BCUT2D eigenvalue weighted by Gasteiger charge is -2.03. The summed E-state index contributed by atoms with van der Waals surface area (Å²) in [4.78, 5) is 0.